The Morgan fingerprint density at radius 3 is 2.14 bits per heavy atom. The highest BCUT2D eigenvalue weighted by atomic mass is 19.3. The van der Waals surface area contributed by atoms with Crippen molar-refractivity contribution in [1.29, 1.82) is 5.26 Å². The molecule has 80 valence electrons. The Balaban J connectivity index is 2.79. The molecule has 0 N–H and O–H groups in total. The number of hydrogen-bond donors (Lipinski definition) is 0. The first-order valence-electron chi connectivity index (χ1n) is 5.02. The first kappa shape index (κ1) is 11.4. The van der Waals surface area contributed by atoms with E-state index in [4.69, 9.17) is 5.26 Å². The second-order valence-electron chi connectivity index (χ2n) is 4.17. The Morgan fingerprint density at radius 2 is 1.79 bits per heavy atom. The molecule has 0 aromatic carbocycles. The number of nitrogens with zero attached hydrogens (tertiary/aromatic N) is 2. The lowest BCUT2D eigenvalue weighted by Gasteiger charge is -2.33. The molecule has 1 aliphatic rings. The van der Waals surface area contributed by atoms with Crippen LogP contribution >= 0.6 is 0 Å². The molecule has 1 heterocycles. The van der Waals surface area contributed by atoms with Crippen LogP contribution in [0.25, 0.3) is 0 Å². The van der Waals surface area contributed by atoms with Crippen molar-refractivity contribution < 1.29 is 8.78 Å². The number of hydrogen-bond acceptors (Lipinski definition) is 2. The van der Waals surface area contributed by atoms with Crippen molar-refractivity contribution in [1.82, 2.24) is 4.90 Å². The van der Waals surface area contributed by atoms with E-state index >= 15 is 0 Å². The molecule has 1 unspecified atom stereocenters. The fourth-order valence-electron chi connectivity index (χ4n) is 2.16. The number of nitriles is 1. The van der Waals surface area contributed by atoms with Crippen LogP contribution in [0.1, 0.15) is 26.7 Å². The molecule has 1 rings (SSSR count). The van der Waals surface area contributed by atoms with Crippen molar-refractivity contribution in [2.75, 3.05) is 13.1 Å². The summed E-state index contributed by atoms with van der Waals surface area (Å²) in [6.07, 6.45) is 1.93. The van der Waals surface area contributed by atoms with E-state index in [-0.39, 0.29) is 5.92 Å². The van der Waals surface area contributed by atoms with Crippen molar-refractivity contribution in [2.45, 2.75) is 38.7 Å². The van der Waals surface area contributed by atoms with E-state index in [1.807, 2.05) is 0 Å². The Kier molecular flexibility index (Phi) is 3.43. The fraction of sp³-hybridized carbons (Fsp3) is 0.900. The van der Waals surface area contributed by atoms with Crippen molar-refractivity contribution in [2.24, 2.45) is 5.92 Å². The quantitative estimate of drug-likeness (QED) is 0.702. The van der Waals surface area contributed by atoms with Crippen molar-refractivity contribution >= 4 is 0 Å². The zero-order valence-corrected chi connectivity index (χ0v) is 8.63. The maximum atomic E-state index is 13.3. The molecule has 4 heteroatoms. The predicted molar refractivity (Wildman–Crippen MR) is 50.0 cm³/mol. The molecule has 14 heavy (non-hydrogen) atoms. The third-order valence-corrected chi connectivity index (χ3v) is 2.69. The molecule has 2 nitrogen and oxygen atoms in total. The average molecular weight is 202 g/mol. The minimum absolute atomic E-state index is 0.192. The fourth-order valence-corrected chi connectivity index (χ4v) is 2.16. The van der Waals surface area contributed by atoms with Gasteiger partial charge in [0.2, 0.25) is 0 Å². The molecule has 1 aliphatic heterocycles. The summed E-state index contributed by atoms with van der Waals surface area (Å²) < 4.78 is 26.6. The van der Waals surface area contributed by atoms with Gasteiger partial charge in [0.1, 0.15) is 6.07 Å². The summed E-state index contributed by atoms with van der Waals surface area (Å²) in [5.41, 5.74) is 0. The first-order valence-corrected chi connectivity index (χ1v) is 5.02. The molecule has 0 bridgehead atoms. The van der Waals surface area contributed by atoms with Crippen LogP contribution in [0.4, 0.5) is 8.78 Å². The lowest BCUT2D eigenvalue weighted by atomic mass is 9.97. The smallest absolute Gasteiger partial charge is 0.294 e. The molecule has 1 fully saturated rings. The molecule has 0 amide bonds. The molecule has 1 saturated heterocycles. The largest absolute Gasteiger partial charge is 0.347 e. The predicted octanol–water partition coefficient (Wildman–Crippen LogP) is 2.27. The van der Waals surface area contributed by atoms with Gasteiger partial charge in [-0.1, -0.05) is 13.8 Å². The summed E-state index contributed by atoms with van der Waals surface area (Å²) in [5, 5.41) is 8.45. The number of rotatable bonds is 3. The zero-order valence-electron chi connectivity index (χ0n) is 8.63. The van der Waals surface area contributed by atoms with E-state index in [0.29, 0.717) is 13.1 Å². The number of alkyl halides is 2. The van der Waals surface area contributed by atoms with Gasteiger partial charge in [0.15, 0.2) is 0 Å². The van der Waals surface area contributed by atoms with Gasteiger partial charge >= 0.3 is 5.92 Å². The Hall–Kier alpha value is -0.690. The summed E-state index contributed by atoms with van der Waals surface area (Å²) in [6.45, 7) is 4.88. The highest BCUT2D eigenvalue weighted by Gasteiger charge is 2.45. The summed E-state index contributed by atoms with van der Waals surface area (Å²) >= 11 is 0. The second kappa shape index (κ2) is 4.22. The van der Waals surface area contributed by atoms with Gasteiger partial charge in [-0.15, -0.1) is 0 Å². The molecule has 0 aliphatic carbocycles. The van der Waals surface area contributed by atoms with E-state index in [2.05, 4.69) is 0 Å². The third-order valence-electron chi connectivity index (χ3n) is 2.69. The average Bonchev–Trinajstić information content (AvgIpc) is 2.56. The molecule has 0 aromatic rings. The minimum atomic E-state index is -3.22. The van der Waals surface area contributed by atoms with E-state index in [9.17, 15) is 8.78 Å². The van der Waals surface area contributed by atoms with Gasteiger partial charge in [-0.05, 0) is 31.8 Å². The minimum Gasteiger partial charge on any atom is -0.294 e. The Labute approximate surface area is 83.5 Å². The van der Waals surface area contributed by atoms with Crippen molar-refractivity contribution in [3.63, 3.8) is 0 Å². The lowest BCUT2D eigenvalue weighted by molar-refractivity contribution is -0.0471. The highest BCUT2D eigenvalue weighted by molar-refractivity contribution is 5.03. The first-order chi connectivity index (χ1) is 6.49. The van der Waals surface area contributed by atoms with Crippen molar-refractivity contribution in [3.05, 3.63) is 0 Å². The number of likely N-dealkylation sites (tertiary alicyclic amines) is 1. The van der Waals surface area contributed by atoms with Crippen LogP contribution in [-0.4, -0.2) is 30.0 Å². The standard InChI is InChI=1S/C10H16F2N2/c1-8(2)9(10(11,12)7-13)14-5-3-4-6-14/h8-9H,3-6H2,1-2H3. The SMILES string of the molecule is CC(C)C(N1CCCC1)C(F)(F)C#N. The third kappa shape index (κ3) is 2.21. The van der Waals surface area contributed by atoms with E-state index in [1.54, 1.807) is 18.7 Å². The van der Waals surface area contributed by atoms with Crippen LogP contribution in [0.5, 0.6) is 0 Å². The van der Waals surface area contributed by atoms with Gasteiger partial charge in [-0.25, -0.2) is 0 Å². The maximum absolute atomic E-state index is 13.3. The van der Waals surface area contributed by atoms with Crippen LogP contribution in [0.2, 0.25) is 0 Å². The summed E-state index contributed by atoms with van der Waals surface area (Å²) in [6, 6.07) is 0.203. The molecule has 0 spiro atoms. The van der Waals surface area contributed by atoms with Crippen LogP contribution < -0.4 is 0 Å². The van der Waals surface area contributed by atoms with E-state index in [0.717, 1.165) is 18.9 Å². The summed E-state index contributed by atoms with van der Waals surface area (Å²) in [7, 11) is 0. The van der Waals surface area contributed by atoms with E-state index in [1.165, 1.54) is 0 Å². The lowest BCUT2D eigenvalue weighted by Crippen LogP contribution is -2.49. The van der Waals surface area contributed by atoms with Gasteiger partial charge < -0.3 is 0 Å². The molecular weight excluding hydrogens is 186 g/mol. The van der Waals surface area contributed by atoms with Crippen LogP contribution in [0.15, 0.2) is 0 Å². The Morgan fingerprint density at radius 1 is 1.29 bits per heavy atom. The van der Waals surface area contributed by atoms with Crippen LogP contribution in [-0.2, 0) is 0 Å². The van der Waals surface area contributed by atoms with Gasteiger partial charge in [-0.3, -0.25) is 4.90 Å². The van der Waals surface area contributed by atoms with Crippen LogP contribution in [0.3, 0.4) is 0 Å². The zero-order chi connectivity index (χ0) is 10.8. The molecule has 0 saturated carbocycles. The van der Waals surface area contributed by atoms with Crippen molar-refractivity contribution in [3.8, 4) is 6.07 Å². The molecular formula is C10H16F2N2. The highest BCUT2D eigenvalue weighted by Crippen LogP contribution is 2.30. The maximum Gasteiger partial charge on any atom is 0.347 e. The topological polar surface area (TPSA) is 27.0 Å². The summed E-state index contributed by atoms with van der Waals surface area (Å²) in [5.74, 6) is -3.42. The molecule has 0 aromatic heterocycles. The van der Waals surface area contributed by atoms with Gasteiger partial charge in [-0.2, -0.15) is 14.0 Å². The van der Waals surface area contributed by atoms with Gasteiger partial charge in [0, 0.05) is 0 Å². The van der Waals surface area contributed by atoms with Gasteiger partial charge in [0.25, 0.3) is 0 Å². The van der Waals surface area contributed by atoms with Gasteiger partial charge in [0.05, 0.1) is 6.04 Å². The summed E-state index contributed by atoms with van der Waals surface area (Å²) in [4.78, 5) is 1.74. The second-order valence-corrected chi connectivity index (χ2v) is 4.17. The monoisotopic (exact) mass is 202 g/mol. The number of halogens is 2. The Bertz CT molecular complexity index is 227. The van der Waals surface area contributed by atoms with Crippen LogP contribution in [0, 0.1) is 17.2 Å². The van der Waals surface area contributed by atoms with E-state index < -0.39 is 12.0 Å². The molecule has 0 radical (unpaired) electrons. The molecule has 1 atom stereocenters. The normalized spacial score (nSPS) is 21.1.